The summed E-state index contributed by atoms with van der Waals surface area (Å²) >= 11 is 8.47. The second-order valence-electron chi connectivity index (χ2n) is 14.3. The quantitative estimate of drug-likeness (QED) is 0.0412. The summed E-state index contributed by atoms with van der Waals surface area (Å²) in [4.78, 5) is 74.6. The van der Waals surface area contributed by atoms with Crippen LogP contribution in [0.5, 0.6) is 11.5 Å². The average Bonchev–Trinajstić information content (AvgIpc) is 3.79. The number of nitrogens with one attached hydrogen (secondary N) is 1. The van der Waals surface area contributed by atoms with Crippen molar-refractivity contribution < 1.29 is 83.3 Å². The number of phenolic OH excluding ortho intramolecular Hbond substituents is 2. The van der Waals surface area contributed by atoms with Crippen LogP contribution in [0.3, 0.4) is 0 Å². The molecule has 2 amide bonds. The molecule has 3 atom stereocenters. The Morgan fingerprint density at radius 2 is 1.89 bits per heavy atom. The van der Waals surface area contributed by atoms with Gasteiger partial charge in [-0.2, -0.15) is 0 Å². The molecule has 2 aromatic rings. The maximum absolute atomic E-state index is 13.6. The number of hydrogen-bond acceptors (Lipinski definition) is 15. The number of hydrogen-bond donors (Lipinski definition) is 4. The number of fused-ring (bicyclic) bond motifs is 3. The number of carbonyl (C=O) groups is 5. The first-order chi connectivity index (χ1) is 24.4. The molecule has 0 spiro atoms. The van der Waals surface area contributed by atoms with Gasteiger partial charge in [0.05, 0.1) is 59.1 Å². The number of oxime groups is 1. The summed E-state index contributed by atoms with van der Waals surface area (Å²) in [5.41, 5.74) is 3.71. The minimum absolute atomic E-state index is 0. The van der Waals surface area contributed by atoms with E-state index in [1.165, 1.54) is 48.0 Å². The van der Waals surface area contributed by atoms with Gasteiger partial charge < -0.3 is 50.4 Å². The first-order valence-electron chi connectivity index (χ1n) is 16.4. The number of β-lactam (4-membered cyclic amide) rings is 1. The first kappa shape index (κ1) is 43.3. The number of aromatic hydroxyl groups is 2. The Hall–Kier alpha value is -3.39. The number of anilines is 1. The number of phenols is 2. The molecule has 5 N–H and O–H groups in total. The summed E-state index contributed by atoms with van der Waals surface area (Å²) in [5.74, 6) is -6.72. The maximum atomic E-state index is 13.6. The molecule has 3 saturated heterocycles. The molecule has 1 aromatic heterocycles. The largest absolute Gasteiger partial charge is 1.00 e. The van der Waals surface area contributed by atoms with E-state index in [-0.39, 0.29) is 86.9 Å². The summed E-state index contributed by atoms with van der Waals surface area (Å²) in [6, 6.07) is 2.51. The number of carbonyl (C=O) groups excluding carboxylic acids is 5. The second-order valence-corrected chi connectivity index (χ2v) is 17.0. The van der Waals surface area contributed by atoms with Gasteiger partial charge in [0.2, 0.25) is 5.91 Å². The fraction of sp³-hybridized carbons (Fsp3) is 0.500. The van der Waals surface area contributed by atoms with Crippen LogP contribution in [0, 0.1) is 11.3 Å². The van der Waals surface area contributed by atoms with Crippen LogP contribution in [-0.2, 0) is 24.0 Å². The number of benzene rings is 1. The molecule has 2 bridgehead atoms. The Morgan fingerprint density at radius 3 is 2.48 bits per heavy atom. The summed E-state index contributed by atoms with van der Waals surface area (Å²) < 4.78 is 0.570. The Bertz CT molecular complexity index is 1950. The number of nitrogens with zero attached hydrogens (tertiary/aromatic N) is 4. The normalized spacial score (nSPS) is 25.9. The van der Waals surface area contributed by atoms with E-state index in [2.05, 4.69) is 15.5 Å². The third kappa shape index (κ3) is 7.97. The Labute approximate surface area is 346 Å². The molecule has 20 heteroatoms. The number of carboxylic acid groups (broad SMARTS) is 2. The topological polar surface area (TPSA) is 248 Å². The number of nitrogens with two attached hydrogens (primary N) is 1. The van der Waals surface area contributed by atoms with Crippen molar-refractivity contribution in [1.82, 2.24) is 15.2 Å². The number of rotatable bonds is 13. The molecular formula is C34H40ClN6NaO10S2. The number of aromatic nitrogens is 1. The smallest absolute Gasteiger partial charge is 0.546 e. The third-order valence-electron chi connectivity index (χ3n) is 10.4. The van der Waals surface area contributed by atoms with Crippen molar-refractivity contribution in [3.05, 3.63) is 45.1 Å². The zero-order valence-corrected chi connectivity index (χ0v) is 33.7. The average molecular weight is 815 g/mol. The molecular weight excluding hydrogens is 775 g/mol. The van der Waals surface area contributed by atoms with Gasteiger partial charge in [-0.15, -0.1) is 23.1 Å². The number of aliphatic carboxylic acids is 2. The Balaban J connectivity index is 0.00000325. The van der Waals surface area contributed by atoms with Gasteiger partial charge >= 0.3 is 29.6 Å². The molecule has 4 aliphatic rings. The number of piperidine rings is 1. The van der Waals surface area contributed by atoms with Gasteiger partial charge in [-0.1, -0.05) is 24.2 Å². The standard InChI is InChI=1S/C33H37ClN6O10S2.CH4.Na/c1-15-18(11-40-8-6-33(14-40,7-9-40)13-36-26(44)16-4-5-20(41)25(43)22(16)34)24(29(46)47)39-27(45)17(28(39)52-15)10-21(42)23(19-12-51-31(35)37-19)38-50-32(2,3)30(48)49;;/h4-5,12,15,17,28H,6-11,13-14H2,1-3H3,(H6-,35,36,37,38,41,42,43,44,46,47,48,49);1H4;/q;;+1/p-1/t15-,17+,28+,33?,40?;;/m0../s1. The van der Waals surface area contributed by atoms with E-state index in [0.717, 1.165) is 37.3 Å². The number of thiazole rings is 1. The van der Waals surface area contributed by atoms with Crippen LogP contribution in [-0.4, -0.2) is 109 Å². The monoisotopic (exact) mass is 814 g/mol. The fourth-order valence-electron chi connectivity index (χ4n) is 7.42. The molecule has 0 aliphatic carbocycles. The van der Waals surface area contributed by atoms with Crippen LogP contribution < -0.4 is 50.8 Å². The van der Waals surface area contributed by atoms with Crippen LogP contribution in [0.15, 0.2) is 33.9 Å². The molecule has 1 aromatic carbocycles. The number of Topliss-reactive ketones (excluding diaryl/α,β-unsaturated/α-hetero) is 1. The van der Waals surface area contributed by atoms with Gasteiger partial charge in [0.25, 0.3) is 5.91 Å². The number of halogens is 1. The zero-order valence-electron chi connectivity index (χ0n) is 29.3. The van der Waals surface area contributed by atoms with E-state index in [9.17, 15) is 44.4 Å². The van der Waals surface area contributed by atoms with Crippen molar-refractivity contribution in [2.75, 3.05) is 38.5 Å². The summed E-state index contributed by atoms with van der Waals surface area (Å²) in [6.07, 6.45) is 1.17. The molecule has 16 nitrogen and oxygen atoms in total. The summed E-state index contributed by atoms with van der Waals surface area (Å²) in [7, 11) is 0. The molecule has 0 unspecified atom stereocenters. The second kappa shape index (κ2) is 16.0. The van der Waals surface area contributed by atoms with Gasteiger partial charge in [-0.05, 0) is 32.9 Å². The zero-order chi connectivity index (χ0) is 37.9. The Morgan fingerprint density at radius 1 is 1.22 bits per heavy atom. The summed E-state index contributed by atoms with van der Waals surface area (Å²) in [6.45, 7) is 7.06. The molecule has 0 radical (unpaired) electrons. The maximum Gasteiger partial charge on any atom is 1.00 e. The number of ketones is 1. The summed E-state index contributed by atoms with van der Waals surface area (Å²) in [5, 5.41) is 50.7. The first-order valence-corrected chi connectivity index (χ1v) is 18.6. The van der Waals surface area contributed by atoms with E-state index >= 15 is 0 Å². The van der Waals surface area contributed by atoms with Crippen LogP contribution in [0.2, 0.25) is 5.02 Å². The van der Waals surface area contributed by atoms with E-state index in [0.29, 0.717) is 29.7 Å². The molecule has 0 saturated carbocycles. The van der Waals surface area contributed by atoms with E-state index in [1.54, 1.807) is 0 Å². The minimum Gasteiger partial charge on any atom is -0.546 e. The molecule has 4 aliphatic heterocycles. The number of quaternary nitrogens is 1. The van der Waals surface area contributed by atoms with Crippen molar-refractivity contribution in [3.63, 3.8) is 0 Å². The number of amides is 2. The number of thioether (sulfide) groups is 1. The Kier molecular flexibility index (Phi) is 12.8. The predicted molar refractivity (Wildman–Crippen MR) is 191 cm³/mol. The van der Waals surface area contributed by atoms with Gasteiger partial charge in [0.1, 0.15) is 12.2 Å². The van der Waals surface area contributed by atoms with Crippen molar-refractivity contribution >= 4 is 75.1 Å². The van der Waals surface area contributed by atoms with Crippen LogP contribution in [0.1, 0.15) is 63.5 Å². The van der Waals surface area contributed by atoms with Gasteiger partial charge in [0.15, 0.2) is 33.7 Å². The minimum atomic E-state index is -1.88. The molecule has 54 heavy (non-hydrogen) atoms. The third-order valence-corrected chi connectivity index (χ3v) is 13.0. The van der Waals surface area contributed by atoms with Crippen molar-refractivity contribution in [2.24, 2.45) is 16.5 Å². The predicted octanol–water partition coefficient (Wildman–Crippen LogP) is -2.40. The van der Waals surface area contributed by atoms with Gasteiger partial charge in [0, 0.05) is 47.4 Å². The van der Waals surface area contributed by atoms with Crippen LogP contribution >= 0.6 is 34.7 Å². The van der Waals surface area contributed by atoms with Crippen molar-refractivity contribution in [1.29, 1.82) is 0 Å². The van der Waals surface area contributed by atoms with Crippen molar-refractivity contribution in [2.45, 2.75) is 63.7 Å². The van der Waals surface area contributed by atoms with E-state index in [4.69, 9.17) is 22.2 Å². The molecule has 5 heterocycles. The number of nitrogen functional groups attached to an aromatic ring is 1. The molecule has 6 rings (SSSR count). The van der Waals surface area contributed by atoms with Crippen LogP contribution in [0.4, 0.5) is 5.13 Å². The fourth-order valence-corrected chi connectivity index (χ4v) is 9.72. The molecule has 286 valence electrons. The van der Waals surface area contributed by atoms with Gasteiger partial charge in [-0.25, -0.2) is 4.98 Å². The van der Waals surface area contributed by atoms with Gasteiger partial charge in [-0.3, -0.25) is 19.3 Å². The van der Waals surface area contributed by atoms with Crippen LogP contribution in [0.25, 0.3) is 0 Å². The SMILES string of the molecule is C.C[C@@H]1S[C@@H]2[C@H](CC(=O)/C(=N\OC(C)(C)C(=O)[O-])c3csc(N)n3)C(=O)N2C(C(=O)[O-])=C1C[N+]12CCC(CNC(=O)c3ccc(O)c(O)c3Cl)(CC1)C2.[Na+]. The van der Waals surface area contributed by atoms with E-state index < -0.39 is 57.9 Å². The number of carboxylic acids is 2. The molecule has 3 fully saturated rings. The van der Waals surface area contributed by atoms with Crippen molar-refractivity contribution in [3.8, 4) is 11.5 Å². The van der Waals surface area contributed by atoms with E-state index in [1.807, 2.05) is 6.92 Å².